The molecule has 0 saturated carbocycles. The van der Waals surface area contributed by atoms with Crippen LogP contribution in [-0.4, -0.2) is 10.0 Å². The number of aliphatic hydroxyl groups excluding tert-OH is 1. The van der Waals surface area contributed by atoms with Gasteiger partial charge in [0.2, 0.25) is 0 Å². The van der Waals surface area contributed by atoms with Gasteiger partial charge < -0.3 is 5.11 Å². The molecule has 1 rings (SSSR count). The fraction of sp³-hybridized carbons (Fsp3) is 0.333. The molecule has 0 saturated heterocycles. The molecule has 0 unspecified atom stereocenters. The van der Waals surface area contributed by atoms with E-state index in [-0.39, 0.29) is 11.6 Å². The van der Waals surface area contributed by atoms with Crippen LogP contribution >= 0.6 is 0 Å². The molecular formula is C15H19NO3. The molecule has 0 amide bonds. The maximum absolute atomic E-state index is 10.6. The summed E-state index contributed by atoms with van der Waals surface area (Å²) in [6.07, 6.45) is 5.55. The zero-order valence-electron chi connectivity index (χ0n) is 10.9. The third kappa shape index (κ3) is 4.34. The van der Waals surface area contributed by atoms with Gasteiger partial charge in [0.1, 0.15) is 0 Å². The van der Waals surface area contributed by atoms with Crippen molar-refractivity contribution in [2.24, 2.45) is 5.92 Å². The number of hydrogen-bond acceptors (Lipinski definition) is 3. The highest BCUT2D eigenvalue weighted by molar-refractivity contribution is 5.34. The van der Waals surface area contributed by atoms with Crippen molar-refractivity contribution >= 4 is 5.69 Å². The van der Waals surface area contributed by atoms with E-state index in [2.05, 4.69) is 13.2 Å². The van der Waals surface area contributed by atoms with Crippen molar-refractivity contribution in [3.8, 4) is 0 Å². The molecular weight excluding hydrogens is 242 g/mol. The smallest absolute Gasteiger partial charge is 0.269 e. The van der Waals surface area contributed by atoms with E-state index < -0.39 is 11.0 Å². The van der Waals surface area contributed by atoms with E-state index in [0.29, 0.717) is 5.56 Å². The molecule has 0 radical (unpaired) electrons. The van der Waals surface area contributed by atoms with Gasteiger partial charge in [-0.2, -0.15) is 0 Å². The Morgan fingerprint density at radius 2 is 1.95 bits per heavy atom. The van der Waals surface area contributed by atoms with E-state index in [9.17, 15) is 15.2 Å². The Morgan fingerprint density at radius 1 is 1.32 bits per heavy atom. The van der Waals surface area contributed by atoms with Crippen LogP contribution in [0.4, 0.5) is 5.69 Å². The number of aliphatic hydroxyl groups is 1. The molecule has 0 aromatic heterocycles. The average Bonchev–Trinajstić information content (AvgIpc) is 2.43. The summed E-state index contributed by atoms with van der Waals surface area (Å²) in [5, 5.41) is 20.8. The van der Waals surface area contributed by atoms with Crippen LogP contribution in [0.5, 0.6) is 0 Å². The van der Waals surface area contributed by atoms with Crippen molar-refractivity contribution in [1.82, 2.24) is 0 Å². The van der Waals surface area contributed by atoms with Crippen LogP contribution in [-0.2, 0) is 0 Å². The van der Waals surface area contributed by atoms with Gasteiger partial charge >= 0.3 is 0 Å². The third-order valence-electron chi connectivity index (χ3n) is 3.10. The van der Waals surface area contributed by atoms with Gasteiger partial charge in [0.05, 0.1) is 11.0 Å². The topological polar surface area (TPSA) is 63.4 Å². The summed E-state index contributed by atoms with van der Waals surface area (Å²) < 4.78 is 0. The number of benzene rings is 1. The first-order chi connectivity index (χ1) is 9.10. The SMILES string of the molecule is C=CCCC[C@H](C=C)[C@H](O)c1ccc([N+](=O)[O-])cc1. The number of nitro groups is 1. The molecule has 4 heteroatoms. The molecule has 0 bridgehead atoms. The molecule has 0 fully saturated rings. The van der Waals surface area contributed by atoms with Crippen molar-refractivity contribution in [1.29, 1.82) is 0 Å². The van der Waals surface area contributed by atoms with E-state index >= 15 is 0 Å². The van der Waals surface area contributed by atoms with Gasteiger partial charge in [0, 0.05) is 18.1 Å². The lowest BCUT2D eigenvalue weighted by Gasteiger charge is -2.19. The summed E-state index contributed by atoms with van der Waals surface area (Å²) in [4.78, 5) is 10.1. The number of unbranched alkanes of at least 4 members (excludes halogenated alkanes) is 1. The van der Waals surface area contributed by atoms with Crippen LogP contribution in [0.25, 0.3) is 0 Å². The van der Waals surface area contributed by atoms with Crippen LogP contribution in [0.2, 0.25) is 0 Å². The van der Waals surface area contributed by atoms with Crippen LogP contribution < -0.4 is 0 Å². The van der Waals surface area contributed by atoms with E-state index in [1.165, 1.54) is 12.1 Å². The number of hydrogen-bond donors (Lipinski definition) is 1. The third-order valence-corrected chi connectivity index (χ3v) is 3.10. The minimum atomic E-state index is -0.678. The fourth-order valence-corrected chi connectivity index (χ4v) is 1.94. The second-order valence-electron chi connectivity index (χ2n) is 4.41. The molecule has 0 spiro atoms. The van der Waals surface area contributed by atoms with Crippen LogP contribution in [0.3, 0.4) is 0 Å². The van der Waals surface area contributed by atoms with Gasteiger partial charge in [0.15, 0.2) is 0 Å². The van der Waals surface area contributed by atoms with Gasteiger partial charge in [-0.15, -0.1) is 13.2 Å². The largest absolute Gasteiger partial charge is 0.388 e. The highest BCUT2D eigenvalue weighted by atomic mass is 16.6. The molecule has 102 valence electrons. The summed E-state index contributed by atoms with van der Waals surface area (Å²) in [5.74, 6) is -0.0543. The number of nitro benzene ring substituents is 1. The first-order valence-electron chi connectivity index (χ1n) is 6.26. The minimum Gasteiger partial charge on any atom is -0.388 e. The molecule has 1 N–H and O–H groups in total. The van der Waals surface area contributed by atoms with Crippen LogP contribution in [0.1, 0.15) is 30.9 Å². The summed E-state index contributed by atoms with van der Waals surface area (Å²) in [6, 6.07) is 5.99. The first kappa shape index (κ1) is 15.1. The van der Waals surface area contributed by atoms with E-state index in [0.717, 1.165) is 19.3 Å². The van der Waals surface area contributed by atoms with Crippen LogP contribution in [0, 0.1) is 16.0 Å². The van der Waals surface area contributed by atoms with E-state index in [1.807, 2.05) is 6.08 Å². The van der Waals surface area contributed by atoms with Gasteiger partial charge in [-0.05, 0) is 37.0 Å². The Labute approximate surface area is 113 Å². The molecule has 0 heterocycles. The maximum atomic E-state index is 10.6. The molecule has 19 heavy (non-hydrogen) atoms. The van der Waals surface area contributed by atoms with Gasteiger partial charge in [-0.25, -0.2) is 0 Å². The fourth-order valence-electron chi connectivity index (χ4n) is 1.94. The minimum absolute atomic E-state index is 0.0257. The van der Waals surface area contributed by atoms with Crippen molar-refractivity contribution in [2.75, 3.05) is 0 Å². The van der Waals surface area contributed by atoms with Crippen molar-refractivity contribution in [3.05, 3.63) is 65.3 Å². The molecule has 4 nitrogen and oxygen atoms in total. The average molecular weight is 261 g/mol. The molecule has 1 aromatic rings. The van der Waals surface area contributed by atoms with Crippen molar-refractivity contribution < 1.29 is 10.0 Å². The predicted molar refractivity (Wildman–Crippen MR) is 75.8 cm³/mol. The molecule has 0 aliphatic carbocycles. The Morgan fingerprint density at radius 3 is 2.42 bits per heavy atom. The molecule has 1 aromatic carbocycles. The van der Waals surface area contributed by atoms with Gasteiger partial charge in [0.25, 0.3) is 5.69 Å². The van der Waals surface area contributed by atoms with Crippen molar-refractivity contribution in [3.63, 3.8) is 0 Å². The van der Waals surface area contributed by atoms with E-state index in [4.69, 9.17) is 0 Å². The quantitative estimate of drug-likeness (QED) is 0.335. The Hall–Kier alpha value is -1.94. The highest BCUT2D eigenvalue weighted by Gasteiger charge is 2.18. The lowest BCUT2D eigenvalue weighted by molar-refractivity contribution is -0.384. The summed E-state index contributed by atoms with van der Waals surface area (Å²) in [5.41, 5.74) is 0.701. The van der Waals surface area contributed by atoms with E-state index in [1.54, 1.807) is 18.2 Å². The normalized spacial score (nSPS) is 13.5. The van der Waals surface area contributed by atoms with Gasteiger partial charge in [-0.1, -0.05) is 12.2 Å². The van der Waals surface area contributed by atoms with Gasteiger partial charge in [-0.3, -0.25) is 10.1 Å². The molecule has 0 aliphatic heterocycles. The maximum Gasteiger partial charge on any atom is 0.269 e. The lowest BCUT2D eigenvalue weighted by Crippen LogP contribution is -2.10. The monoisotopic (exact) mass is 261 g/mol. The van der Waals surface area contributed by atoms with Crippen LogP contribution in [0.15, 0.2) is 49.6 Å². The summed E-state index contributed by atoms with van der Waals surface area (Å²) in [6.45, 7) is 7.40. The zero-order chi connectivity index (χ0) is 14.3. The Balaban J connectivity index is 2.73. The van der Waals surface area contributed by atoms with Crippen molar-refractivity contribution in [2.45, 2.75) is 25.4 Å². The Kier molecular flexibility index (Phi) is 5.96. The number of non-ortho nitro benzene ring substituents is 1. The second kappa shape index (κ2) is 7.48. The number of allylic oxidation sites excluding steroid dienone is 1. The molecule has 2 atom stereocenters. The zero-order valence-corrected chi connectivity index (χ0v) is 10.9. The lowest BCUT2D eigenvalue weighted by atomic mass is 9.91. The standard InChI is InChI=1S/C15H19NO3/c1-3-5-6-7-12(4-2)15(17)13-8-10-14(11-9-13)16(18)19/h3-4,8-12,15,17H,1-2,5-7H2/t12-,15-/m0/s1. The molecule has 0 aliphatic rings. The number of rotatable bonds is 8. The number of nitrogens with zero attached hydrogens (tertiary/aromatic N) is 1. The predicted octanol–water partition coefficient (Wildman–Crippen LogP) is 3.79. The Bertz CT molecular complexity index is 439. The summed E-state index contributed by atoms with van der Waals surface area (Å²) >= 11 is 0. The second-order valence-corrected chi connectivity index (χ2v) is 4.41. The summed E-state index contributed by atoms with van der Waals surface area (Å²) in [7, 11) is 0. The highest BCUT2D eigenvalue weighted by Crippen LogP contribution is 2.28. The first-order valence-corrected chi connectivity index (χ1v) is 6.26.